The van der Waals surface area contributed by atoms with E-state index in [1.165, 1.54) is 0 Å². The van der Waals surface area contributed by atoms with Crippen LogP contribution >= 0.6 is 11.8 Å². The van der Waals surface area contributed by atoms with Crippen LogP contribution in [0.4, 0.5) is 5.69 Å². The molecule has 0 aliphatic rings. The summed E-state index contributed by atoms with van der Waals surface area (Å²) < 4.78 is 0. The van der Waals surface area contributed by atoms with Crippen molar-refractivity contribution in [1.29, 1.82) is 0 Å². The van der Waals surface area contributed by atoms with Gasteiger partial charge in [-0.25, -0.2) is 9.97 Å². The first-order chi connectivity index (χ1) is 7.88. The largest absolute Gasteiger partial charge is 0.388 e. The zero-order chi connectivity index (χ0) is 11.2. The zero-order valence-corrected chi connectivity index (χ0v) is 9.74. The molecule has 0 saturated heterocycles. The van der Waals surface area contributed by atoms with Gasteiger partial charge in [-0.2, -0.15) is 0 Å². The van der Waals surface area contributed by atoms with Crippen molar-refractivity contribution in [2.45, 2.75) is 10.8 Å². The molecule has 0 aromatic carbocycles. The summed E-state index contributed by atoms with van der Waals surface area (Å²) in [7, 11) is 1.90. The second kappa shape index (κ2) is 5.46. The van der Waals surface area contributed by atoms with Gasteiger partial charge >= 0.3 is 0 Å². The van der Waals surface area contributed by atoms with Gasteiger partial charge in [0.2, 0.25) is 0 Å². The van der Waals surface area contributed by atoms with Gasteiger partial charge in [-0.15, -0.1) is 0 Å². The molecule has 16 heavy (non-hydrogen) atoms. The zero-order valence-electron chi connectivity index (χ0n) is 8.92. The van der Waals surface area contributed by atoms with Gasteiger partial charge in [0, 0.05) is 30.9 Å². The third-order valence-corrected chi connectivity index (χ3v) is 3.01. The fourth-order valence-corrected chi connectivity index (χ4v) is 1.96. The molecular weight excluding hydrogens is 220 g/mol. The average molecular weight is 232 g/mol. The van der Waals surface area contributed by atoms with Crippen LogP contribution in [-0.4, -0.2) is 22.0 Å². The topological polar surface area (TPSA) is 50.7 Å². The monoisotopic (exact) mass is 232 g/mol. The summed E-state index contributed by atoms with van der Waals surface area (Å²) >= 11 is 1.65. The normalized spacial score (nSPS) is 10.1. The summed E-state index contributed by atoms with van der Waals surface area (Å²) in [6.45, 7) is 0. The maximum Gasteiger partial charge on any atom is 0.116 e. The van der Waals surface area contributed by atoms with E-state index < -0.39 is 0 Å². The maximum absolute atomic E-state index is 4.30. The number of aromatic nitrogens is 3. The minimum atomic E-state index is 0.812. The van der Waals surface area contributed by atoms with E-state index in [4.69, 9.17) is 0 Å². The Labute approximate surface area is 98.6 Å². The second-order valence-corrected chi connectivity index (χ2v) is 4.12. The van der Waals surface area contributed by atoms with E-state index >= 15 is 0 Å². The number of thioether (sulfide) groups is 1. The van der Waals surface area contributed by atoms with Crippen LogP contribution < -0.4 is 5.32 Å². The van der Waals surface area contributed by atoms with Gasteiger partial charge < -0.3 is 5.32 Å². The number of hydrogen-bond donors (Lipinski definition) is 1. The molecule has 0 saturated carbocycles. The molecule has 82 valence electrons. The van der Waals surface area contributed by atoms with Crippen molar-refractivity contribution in [1.82, 2.24) is 15.0 Å². The first-order valence-corrected chi connectivity index (χ1v) is 5.88. The van der Waals surface area contributed by atoms with E-state index in [1.807, 2.05) is 31.4 Å². The van der Waals surface area contributed by atoms with Crippen molar-refractivity contribution >= 4 is 17.4 Å². The Morgan fingerprint density at radius 2 is 2.19 bits per heavy atom. The second-order valence-electron chi connectivity index (χ2n) is 3.12. The highest BCUT2D eigenvalue weighted by atomic mass is 32.2. The van der Waals surface area contributed by atoms with E-state index in [-0.39, 0.29) is 0 Å². The summed E-state index contributed by atoms with van der Waals surface area (Å²) in [4.78, 5) is 12.3. The van der Waals surface area contributed by atoms with Crippen molar-refractivity contribution in [3.05, 3.63) is 42.6 Å². The van der Waals surface area contributed by atoms with Crippen LogP contribution in [0.25, 0.3) is 0 Å². The van der Waals surface area contributed by atoms with Crippen LogP contribution in [-0.2, 0) is 5.75 Å². The van der Waals surface area contributed by atoms with Crippen molar-refractivity contribution in [3.63, 3.8) is 0 Å². The summed E-state index contributed by atoms with van der Waals surface area (Å²) in [5.41, 5.74) is 2.11. The Kier molecular flexibility index (Phi) is 3.71. The molecule has 0 fully saturated rings. The van der Waals surface area contributed by atoms with Gasteiger partial charge in [-0.05, 0) is 18.2 Å². The lowest BCUT2D eigenvalue weighted by atomic mass is 10.3. The van der Waals surface area contributed by atoms with Crippen LogP contribution in [0, 0.1) is 0 Å². The first-order valence-electron chi connectivity index (χ1n) is 4.90. The van der Waals surface area contributed by atoms with E-state index in [9.17, 15) is 0 Å². The van der Waals surface area contributed by atoms with Gasteiger partial charge in [0.1, 0.15) is 6.33 Å². The third-order valence-electron chi connectivity index (χ3n) is 2.03. The molecule has 0 radical (unpaired) electrons. The number of hydrogen-bond acceptors (Lipinski definition) is 5. The summed E-state index contributed by atoms with van der Waals surface area (Å²) in [5, 5.41) is 4.06. The molecule has 2 rings (SSSR count). The van der Waals surface area contributed by atoms with E-state index in [0.29, 0.717) is 0 Å². The smallest absolute Gasteiger partial charge is 0.116 e. The molecule has 0 aliphatic carbocycles. The van der Waals surface area contributed by atoms with Gasteiger partial charge in [-0.1, -0.05) is 11.8 Å². The summed E-state index contributed by atoms with van der Waals surface area (Å²) in [5.74, 6) is 0.812. The Morgan fingerprint density at radius 3 is 2.94 bits per heavy atom. The first kappa shape index (κ1) is 10.9. The molecule has 2 aromatic heterocycles. The van der Waals surface area contributed by atoms with Crippen LogP contribution in [0.5, 0.6) is 0 Å². The van der Waals surface area contributed by atoms with Crippen LogP contribution in [0.1, 0.15) is 5.69 Å². The minimum absolute atomic E-state index is 0.812. The molecule has 2 heterocycles. The SMILES string of the molecule is CNc1ccnc(CSc2ccncn2)c1. The molecule has 4 nitrogen and oxygen atoms in total. The number of anilines is 1. The Hall–Kier alpha value is -1.62. The molecule has 0 atom stereocenters. The van der Waals surface area contributed by atoms with Crippen molar-refractivity contribution in [2.24, 2.45) is 0 Å². The fourth-order valence-electron chi connectivity index (χ4n) is 1.22. The van der Waals surface area contributed by atoms with E-state index in [1.54, 1.807) is 24.3 Å². The highest BCUT2D eigenvalue weighted by Crippen LogP contribution is 2.19. The lowest BCUT2D eigenvalue weighted by molar-refractivity contribution is 1.04. The highest BCUT2D eigenvalue weighted by Gasteiger charge is 1.99. The quantitative estimate of drug-likeness (QED) is 0.647. The molecule has 1 N–H and O–H groups in total. The van der Waals surface area contributed by atoms with Crippen LogP contribution in [0.3, 0.4) is 0 Å². The van der Waals surface area contributed by atoms with Gasteiger partial charge in [0.25, 0.3) is 0 Å². The third kappa shape index (κ3) is 2.93. The summed E-state index contributed by atoms with van der Waals surface area (Å²) in [6.07, 6.45) is 5.11. The predicted octanol–water partition coefficient (Wildman–Crippen LogP) is 2.21. The lowest BCUT2D eigenvalue weighted by Crippen LogP contribution is -1.92. The Bertz CT molecular complexity index is 447. The number of rotatable bonds is 4. The van der Waals surface area contributed by atoms with Crippen LogP contribution in [0.15, 0.2) is 41.9 Å². The number of nitrogens with zero attached hydrogens (tertiary/aromatic N) is 3. The Balaban J connectivity index is 1.99. The molecule has 0 spiro atoms. The fraction of sp³-hybridized carbons (Fsp3) is 0.182. The number of nitrogens with one attached hydrogen (secondary N) is 1. The van der Waals surface area contributed by atoms with E-state index in [0.717, 1.165) is 22.2 Å². The van der Waals surface area contributed by atoms with Crippen molar-refractivity contribution < 1.29 is 0 Å². The van der Waals surface area contributed by atoms with E-state index in [2.05, 4.69) is 20.3 Å². The summed E-state index contributed by atoms with van der Waals surface area (Å²) in [6, 6.07) is 5.87. The predicted molar refractivity (Wildman–Crippen MR) is 65.4 cm³/mol. The molecule has 0 aliphatic heterocycles. The molecule has 2 aromatic rings. The highest BCUT2D eigenvalue weighted by molar-refractivity contribution is 7.98. The van der Waals surface area contributed by atoms with Gasteiger partial charge in [-0.3, -0.25) is 4.98 Å². The van der Waals surface area contributed by atoms with Crippen LogP contribution in [0.2, 0.25) is 0 Å². The van der Waals surface area contributed by atoms with Gasteiger partial charge in [0.05, 0.1) is 10.7 Å². The molecule has 0 unspecified atom stereocenters. The molecule has 5 heteroatoms. The lowest BCUT2D eigenvalue weighted by Gasteiger charge is -2.03. The van der Waals surface area contributed by atoms with Crippen molar-refractivity contribution in [3.8, 4) is 0 Å². The standard InChI is InChI=1S/C11H12N4S/c1-12-9-2-5-14-10(6-9)7-16-11-3-4-13-8-15-11/h2-6,8H,7H2,1H3,(H,12,14). The molecular formula is C11H12N4S. The maximum atomic E-state index is 4.30. The Morgan fingerprint density at radius 1 is 1.25 bits per heavy atom. The minimum Gasteiger partial charge on any atom is -0.388 e. The average Bonchev–Trinajstić information content (AvgIpc) is 2.38. The van der Waals surface area contributed by atoms with Crippen molar-refractivity contribution in [2.75, 3.05) is 12.4 Å². The van der Waals surface area contributed by atoms with Gasteiger partial charge in [0.15, 0.2) is 0 Å². The number of pyridine rings is 1. The molecule has 0 bridgehead atoms. The molecule has 0 amide bonds.